The summed E-state index contributed by atoms with van der Waals surface area (Å²) in [5, 5.41) is 0. The number of thioether (sulfide) groups is 1. The third-order valence-corrected chi connectivity index (χ3v) is 3.34. The van der Waals surface area contributed by atoms with E-state index >= 15 is 0 Å². The summed E-state index contributed by atoms with van der Waals surface area (Å²) >= 11 is 1.72. The quantitative estimate of drug-likeness (QED) is 0.871. The van der Waals surface area contributed by atoms with E-state index in [0.717, 1.165) is 5.75 Å². The molecule has 2 aromatic rings. The highest BCUT2D eigenvalue weighted by Gasteiger charge is 2.02. The van der Waals surface area contributed by atoms with Gasteiger partial charge in [0.1, 0.15) is 5.82 Å². The summed E-state index contributed by atoms with van der Waals surface area (Å²) in [7, 11) is 0. The van der Waals surface area contributed by atoms with Gasteiger partial charge in [-0.2, -0.15) is 15.0 Å². The van der Waals surface area contributed by atoms with E-state index in [1.54, 1.807) is 11.8 Å². The Morgan fingerprint density at radius 1 is 0.944 bits per heavy atom. The highest BCUT2D eigenvalue weighted by molar-refractivity contribution is 7.97. The number of rotatable bonds is 4. The molecule has 0 amide bonds. The van der Waals surface area contributed by atoms with Crippen molar-refractivity contribution in [1.29, 1.82) is 0 Å². The molecule has 0 aliphatic heterocycles. The van der Waals surface area contributed by atoms with Crippen molar-refractivity contribution in [2.24, 2.45) is 0 Å². The van der Waals surface area contributed by atoms with Crippen LogP contribution < -0.4 is 11.5 Å². The van der Waals surface area contributed by atoms with E-state index in [1.807, 2.05) is 0 Å². The molecule has 0 fully saturated rings. The van der Waals surface area contributed by atoms with E-state index in [1.165, 1.54) is 11.1 Å². The fourth-order valence-electron chi connectivity index (χ4n) is 1.47. The number of hydrogen-bond acceptors (Lipinski definition) is 6. The second kappa shape index (κ2) is 5.68. The van der Waals surface area contributed by atoms with Gasteiger partial charge in [0.05, 0.1) is 5.75 Å². The largest absolute Gasteiger partial charge is 0.368 e. The SMILES string of the molecule is Cc1ccc(CSCc2nc(N)nc(N)n2)cc1. The molecule has 1 heterocycles. The molecule has 0 spiro atoms. The summed E-state index contributed by atoms with van der Waals surface area (Å²) in [6.45, 7) is 2.08. The molecular weight excluding hydrogens is 246 g/mol. The fraction of sp³-hybridized carbons (Fsp3) is 0.250. The molecule has 0 aliphatic rings. The van der Waals surface area contributed by atoms with Gasteiger partial charge in [0, 0.05) is 5.75 Å². The number of hydrogen-bond donors (Lipinski definition) is 2. The van der Waals surface area contributed by atoms with Gasteiger partial charge in [0.2, 0.25) is 11.9 Å². The topological polar surface area (TPSA) is 90.7 Å². The van der Waals surface area contributed by atoms with Crippen LogP contribution in [0.25, 0.3) is 0 Å². The van der Waals surface area contributed by atoms with E-state index in [4.69, 9.17) is 11.5 Å². The molecule has 0 aliphatic carbocycles. The molecule has 2 rings (SSSR count). The van der Waals surface area contributed by atoms with E-state index in [-0.39, 0.29) is 11.9 Å². The number of nitrogens with zero attached hydrogens (tertiary/aromatic N) is 3. The molecule has 0 atom stereocenters. The van der Waals surface area contributed by atoms with Gasteiger partial charge < -0.3 is 11.5 Å². The van der Waals surface area contributed by atoms with Gasteiger partial charge in [-0.3, -0.25) is 0 Å². The van der Waals surface area contributed by atoms with E-state index in [0.29, 0.717) is 11.6 Å². The lowest BCUT2D eigenvalue weighted by Gasteiger charge is -2.03. The Bertz CT molecular complexity index is 506. The second-order valence-corrected chi connectivity index (χ2v) is 4.93. The summed E-state index contributed by atoms with van der Waals surface area (Å²) in [5.41, 5.74) is 13.6. The standard InChI is InChI=1S/C12H15N5S/c1-8-2-4-9(5-3-8)6-18-7-10-15-11(13)17-12(14)16-10/h2-5H,6-7H2,1H3,(H4,13,14,15,16,17). The lowest BCUT2D eigenvalue weighted by atomic mass is 10.2. The first-order chi connectivity index (χ1) is 8.63. The number of aryl methyl sites for hydroxylation is 1. The molecule has 18 heavy (non-hydrogen) atoms. The predicted octanol–water partition coefficient (Wildman–Crippen LogP) is 1.78. The molecule has 0 saturated carbocycles. The minimum atomic E-state index is 0.174. The van der Waals surface area contributed by atoms with Crippen LogP contribution in [0.2, 0.25) is 0 Å². The van der Waals surface area contributed by atoms with E-state index in [9.17, 15) is 0 Å². The second-order valence-electron chi connectivity index (χ2n) is 3.95. The summed E-state index contributed by atoms with van der Waals surface area (Å²) in [5.74, 6) is 2.55. The van der Waals surface area contributed by atoms with Crippen molar-refractivity contribution < 1.29 is 0 Å². The van der Waals surface area contributed by atoms with Gasteiger partial charge >= 0.3 is 0 Å². The Morgan fingerprint density at radius 3 is 2.17 bits per heavy atom. The van der Waals surface area contributed by atoms with Crippen molar-refractivity contribution in [3.63, 3.8) is 0 Å². The molecule has 0 radical (unpaired) electrons. The number of benzene rings is 1. The van der Waals surface area contributed by atoms with Crippen LogP contribution in [-0.2, 0) is 11.5 Å². The molecule has 0 saturated heterocycles. The van der Waals surface area contributed by atoms with Crippen molar-refractivity contribution >= 4 is 23.7 Å². The number of anilines is 2. The molecule has 6 heteroatoms. The Labute approximate surface area is 110 Å². The zero-order chi connectivity index (χ0) is 13.0. The number of aromatic nitrogens is 3. The number of nitrogen functional groups attached to an aromatic ring is 2. The average Bonchev–Trinajstić information content (AvgIpc) is 2.30. The maximum atomic E-state index is 5.51. The third kappa shape index (κ3) is 3.59. The Kier molecular flexibility index (Phi) is 3.99. The Morgan fingerprint density at radius 2 is 1.56 bits per heavy atom. The molecule has 4 N–H and O–H groups in total. The van der Waals surface area contributed by atoms with Crippen LogP contribution in [-0.4, -0.2) is 15.0 Å². The number of nitrogens with two attached hydrogens (primary N) is 2. The molecule has 0 unspecified atom stereocenters. The van der Waals surface area contributed by atoms with Crippen LogP contribution in [0, 0.1) is 6.92 Å². The molecule has 1 aromatic carbocycles. The van der Waals surface area contributed by atoms with Gasteiger partial charge in [0.15, 0.2) is 0 Å². The first kappa shape index (κ1) is 12.6. The molecule has 1 aromatic heterocycles. The zero-order valence-corrected chi connectivity index (χ0v) is 10.9. The van der Waals surface area contributed by atoms with E-state index < -0.39 is 0 Å². The minimum Gasteiger partial charge on any atom is -0.368 e. The summed E-state index contributed by atoms with van der Waals surface area (Å²) < 4.78 is 0. The maximum absolute atomic E-state index is 5.51. The minimum absolute atomic E-state index is 0.174. The monoisotopic (exact) mass is 261 g/mol. The Hall–Kier alpha value is -1.82. The first-order valence-corrected chi connectivity index (χ1v) is 6.68. The van der Waals surface area contributed by atoms with Crippen molar-refractivity contribution in [2.75, 3.05) is 11.5 Å². The van der Waals surface area contributed by atoms with Crippen LogP contribution >= 0.6 is 11.8 Å². The predicted molar refractivity (Wildman–Crippen MR) is 74.8 cm³/mol. The van der Waals surface area contributed by atoms with Gasteiger partial charge in [-0.05, 0) is 12.5 Å². The van der Waals surface area contributed by atoms with Gasteiger partial charge in [-0.25, -0.2) is 0 Å². The molecule has 94 valence electrons. The lowest BCUT2D eigenvalue weighted by Crippen LogP contribution is -2.06. The zero-order valence-electron chi connectivity index (χ0n) is 10.1. The van der Waals surface area contributed by atoms with Gasteiger partial charge in [0.25, 0.3) is 0 Å². The van der Waals surface area contributed by atoms with Gasteiger partial charge in [-0.1, -0.05) is 29.8 Å². The summed E-state index contributed by atoms with van der Waals surface area (Å²) in [4.78, 5) is 11.8. The summed E-state index contributed by atoms with van der Waals surface area (Å²) in [6, 6.07) is 8.46. The third-order valence-electron chi connectivity index (χ3n) is 2.34. The highest BCUT2D eigenvalue weighted by Crippen LogP contribution is 2.16. The van der Waals surface area contributed by atoms with Crippen LogP contribution in [0.5, 0.6) is 0 Å². The normalized spacial score (nSPS) is 10.5. The van der Waals surface area contributed by atoms with Crippen LogP contribution in [0.15, 0.2) is 24.3 Å². The smallest absolute Gasteiger partial charge is 0.225 e. The average molecular weight is 261 g/mol. The van der Waals surface area contributed by atoms with E-state index in [2.05, 4.69) is 46.1 Å². The Balaban J connectivity index is 1.90. The van der Waals surface area contributed by atoms with Crippen molar-refractivity contribution in [1.82, 2.24) is 15.0 Å². The maximum Gasteiger partial charge on any atom is 0.225 e. The van der Waals surface area contributed by atoms with Crippen LogP contribution in [0.1, 0.15) is 17.0 Å². The van der Waals surface area contributed by atoms with Crippen molar-refractivity contribution in [3.05, 3.63) is 41.2 Å². The highest BCUT2D eigenvalue weighted by atomic mass is 32.2. The lowest BCUT2D eigenvalue weighted by molar-refractivity contribution is 0.987. The van der Waals surface area contributed by atoms with Gasteiger partial charge in [-0.15, -0.1) is 11.8 Å². The molecule has 0 bridgehead atoms. The molecule has 5 nitrogen and oxygen atoms in total. The first-order valence-electron chi connectivity index (χ1n) is 5.52. The summed E-state index contributed by atoms with van der Waals surface area (Å²) in [6.07, 6.45) is 0. The van der Waals surface area contributed by atoms with Crippen LogP contribution in [0.3, 0.4) is 0 Å². The molecular formula is C12H15N5S. The fourth-order valence-corrected chi connectivity index (χ4v) is 2.31. The van der Waals surface area contributed by atoms with Crippen molar-refractivity contribution in [3.8, 4) is 0 Å². The van der Waals surface area contributed by atoms with Crippen molar-refractivity contribution in [2.45, 2.75) is 18.4 Å². The van der Waals surface area contributed by atoms with Crippen LogP contribution in [0.4, 0.5) is 11.9 Å².